The zero-order chi connectivity index (χ0) is 11.5. The van der Waals surface area contributed by atoms with Gasteiger partial charge in [-0.05, 0) is 20.3 Å². The standard InChI is InChI=1S/C10H18N2O3/c1-10(2)9(15)11-5-6-12(10)8(14)4-3-7-13/h13H,3-7H2,1-2H3,(H,11,15). The maximum absolute atomic E-state index is 11.8. The Morgan fingerprint density at radius 3 is 2.87 bits per heavy atom. The molecular formula is C10H18N2O3. The molecule has 0 atom stereocenters. The summed E-state index contributed by atoms with van der Waals surface area (Å²) in [4.78, 5) is 24.9. The van der Waals surface area contributed by atoms with Crippen LogP contribution in [0.25, 0.3) is 0 Å². The molecule has 0 radical (unpaired) electrons. The number of amides is 2. The predicted octanol–water partition coefficient (Wildman–Crippen LogP) is -0.504. The first-order valence-electron chi connectivity index (χ1n) is 5.20. The number of carbonyl (C=O) groups is 2. The minimum absolute atomic E-state index is 0.00616. The van der Waals surface area contributed by atoms with Gasteiger partial charge in [-0.25, -0.2) is 0 Å². The van der Waals surface area contributed by atoms with Crippen molar-refractivity contribution in [1.82, 2.24) is 10.2 Å². The quantitative estimate of drug-likeness (QED) is 0.665. The summed E-state index contributed by atoms with van der Waals surface area (Å²) in [7, 11) is 0. The molecule has 0 saturated carbocycles. The number of nitrogens with one attached hydrogen (secondary N) is 1. The molecule has 2 N–H and O–H groups in total. The fourth-order valence-electron chi connectivity index (χ4n) is 1.70. The Balaban J connectivity index is 2.66. The Hall–Kier alpha value is -1.10. The maximum Gasteiger partial charge on any atom is 0.245 e. The second-order valence-electron chi connectivity index (χ2n) is 4.19. The lowest BCUT2D eigenvalue weighted by Gasteiger charge is -2.41. The molecule has 1 saturated heterocycles. The fourth-order valence-corrected chi connectivity index (χ4v) is 1.70. The monoisotopic (exact) mass is 214 g/mol. The predicted molar refractivity (Wildman–Crippen MR) is 55.1 cm³/mol. The van der Waals surface area contributed by atoms with Gasteiger partial charge in [-0.15, -0.1) is 0 Å². The van der Waals surface area contributed by atoms with E-state index in [2.05, 4.69) is 5.32 Å². The van der Waals surface area contributed by atoms with E-state index in [0.717, 1.165) is 0 Å². The van der Waals surface area contributed by atoms with Crippen molar-refractivity contribution in [3.8, 4) is 0 Å². The number of aliphatic hydroxyl groups is 1. The summed E-state index contributed by atoms with van der Waals surface area (Å²) >= 11 is 0. The summed E-state index contributed by atoms with van der Waals surface area (Å²) in [5.74, 6) is -0.185. The average molecular weight is 214 g/mol. The van der Waals surface area contributed by atoms with Crippen molar-refractivity contribution < 1.29 is 14.7 Å². The van der Waals surface area contributed by atoms with Gasteiger partial charge >= 0.3 is 0 Å². The van der Waals surface area contributed by atoms with Gasteiger partial charge in [-0.1, -0.05) is 0 Å². The molecule has 1 fully saturated rings. The minimum atomic E-state index is -0.773. The third kappa shape index (κ3) is 2.47. The van der Waals surface area contributed by atoms with Crippen molar-refractivity contribution in [3.05, 3.63) is 0 Å². The Bertz CT molecular complexity index is 263. The van der Waals surface area contributed by atoms with E-state index >= 15 is 0 Å². The summed E-state index contributed by atoms with van der Waals surface area (Å²) in [6.45, 7) is 4.53. The maximum atomic E-state index is 11.8. The highest BCUT2D eigenvalue weighted by Gasteiger charge is 2.39. The normalized spacial score (nSPS) is 19.9. The lowest BCUT2D eigenvalue weighted by molar-refractivity contribution is -0.149. The molecule has 1 heterocycles. The van der Waals surface area contributed by atoms with Gasteiger partial charge in [-0.3, -0.25) is 9.59 Å². The Kier molecular flexibility index (Phi) is 3.68. The van der Waals surface area contributed by atoms with E-state index in [0.29, 0.717) is 25.9 Å². The van der Waals surface area contributed by atoms with Gasteiger partial charge in [0, 0.05) is 26.1 Å². The topological polar surface area (TPSA) is 69.6 Å². The largest absolute Gasteiger partial charge is 0.396 e. The zero-order valence-corrected chi connectivity index (χ0v) is 9.25. The molecule has 0 aromatic heterocycles. The lowest BCUT2D eigenvalue weighted by Crippen LogP contribution is -2.63. The Morgan fingerprint density at radius 1 is 1.60 bits per heavy atom. The van der Waals surface area contributed by atoms with Crippen molar-refractivity contribution >= 4 is 11.8 Å². The van der Waals surface area contributed by atoms with Crippen LogP contribution in [0.2, 0.25) is 0 Å². The van der Waals surface area contributed by atoms with Crippen molar-refractivity contribution in [2.24, 2.45) is 0 Å². The van der Waals surface area contributed by atoms with Crippen LogP contribution < -0.4 is 5.32 Å². The van der Waals surface area contributed by atoms with Gasteiger partial charge in [0.25, 0.3) is 0 Å². The number of rotatable bonds is 3. The summed E-state index contributed by atoms with van der Waals surface area (Å²) in [5.41, 5.74) is -0.773. The van der Waals surface area contributed by atoms with Crippen LogP contribution in [0.1, 0.15) is 26.7 Å². The summed E-state index contributed by atoms with van der Waals surface area (Å²) < 4.78 is 0. The molecule has 1 aliphatic heterocycles. The average Bonchev–Trinajstić information content (AvgIpc) is 2.18. The molecule has 2 amide bonds. The fraction of sp³-hybridized carbons (Fsp3) is 0.800. The first-order chi connectivity index (χ1) is 7.00. The summed E-state index contributed by atoms with van der Waals surface area (Å²) in [6.07, 6.45) is 0.750. The number of aliphatic hydroxyl groups excluding tert-OH is 1. The van der Waals surface area contributed by atoms with E-state index in [1.165, 1.54) is 0 Å². The molecule has 0 aliphatic carbocycles. The lowest BCUT2D eigenvalue weighted by atomic mass is 9.98. The third-order valence-corrected chi connectivity index (χ3v) is 2.70. The number of hydrogen-bond donors (Lipinski definition) is 2. The van der Waals surface area contributed by atoms with Gasteiger partial charge in [-0.2, -0.15) is 0 Å². The van der Waals surface area contributed by atoms with Crippen LogP contribution in [0.5, 0.6) is 0 Å². The molecule has 0 aromatic carbocycles. The summed E-state index contributed by atoms with van der Waals surface area (Å²) in [6, 6.07) is 0. The summed E-state index contributed by atoms with van der Waals surface area (Å²) in [5, 5.41) is 11.4. The first-order valence-corrected chi connectivity index (χ1v) is 5.20. The Labute approximate surface area is 89.4 Å². The molecule has 5 nitrogen and oxygen atoms in total. The van der Waals surface area contributed by atoms with E-state index in [-0.39, 0.29) is 18.4 Å². The molecule has 0 aromatic rings. The van der Waals surface area contributed by atoms with Gasteiger partial charge in [0.1, 0.15) is 5.54 Å². The minimum Gasteiger partial charge on any atom is -0.396 e. The molecule has 86 valence electrons. The van der Waals surface area contributed by atoms with Crippen LogP contribution in [-0.2, 0) is 9.59 Å². The molecule has 1 rings (SSSR count). The first kappa shape index (κ1) is 12.0. The smallest absolute Gasteiger partial charge is 0.245 e. The van der Waals surface area contributed by atoms with Gasteiger partial charge < -0.3 is 15.3 Å². The molecule has 0 bridgehead atoms. The SMILES string of the molecule is CC1(C)C(=O)NCCN1C(=O)CCCO. The van der Waals surface area contributed by atoms with Crippen molar-refractivity contribution in [3.63, 3.8) is 0 Å². The Morgan fingerprint density at radius 2 is 2.27 bits per heavy atom. The number of hydrogen-bond acceptors (Lipinski definition) is 3. The second kappa shape index (κ2) is 4.61. The van der Waals surface area contributed by atoms with E-state index in [9.17, 15) is 9.59 Å². The van der Waals surface area contributed by atoms with Crippen LogP contribution in [-0.4, -0.2) is 47.1 Å². The van der Waals surface area contributed by atoms with Gasteiger partial charge in [0.15, 0.2) is 0 Å². The number of piperazine rings is 1. The highest BCUT2D eigenvalue weighted by molar-refractivity contribution is 5.91. The van der Waals surface area contributed by atoms with Crippen molar-refractivity contribution in [1.29, 1.82) is 0 Å². The number of carbonyl (C=O) groups excluding carboxylic acids is 2. The van der Waals surface area contributed by atoms with Crippen LogP contribution in [0, 0.1) is 0 Å². The number of nitrogens with zero attached hydrogens (tertiary/aromatic N) is 1. The second-order valence-corrected chi connectivity index (χ2v) is 4.19. The van der Waals surface area contributed by atoms with Crippen LogP contribution >= 0.6 is 0 Å². The molecule has 5 heteroatoms. The van der Waals surface area contributed by atoms with Gasteiger partial charge in [0.05, 0.1) is 0 Å². The van der Waals surface area contributed by atoms with E-state index in [1.807, 2.05) is 0 Å². The van der Waals surface area contributed by atoms with E-state index in [1.54, 1.807) is 18.7 Å². The highest BCUT2D eigenvalue weighted by atomic mass is 16.3. The van der Waals surface area contributed by atoms with Gasteiger partial charge in [0.2, 0.25) is 11.8 Å². The van der Waals surface area contributed by atoms with E-state index < -0.39 is 5.54 Å². The van der Waals surface area contributed by atoms with Crippen molar-refractivity contribution in [2.45, 2.75) is 32.2 Å². The zero-order valence-electron chi connectivity index (χ0n) is 9.25. The van der Waals surface area contributed by atoms with Crippen LogP contribution in [0.4, 0.5) is 0 Å². The van der Waals surface area contributed by atoms with E-state index in [4.69, 9.17) is 5.11 Å². The molecular weight excluding hydrogens is 196 g/mol. The molecule has 0 spiro atoms. The molecule has 1 aliphatic rings. The van der Waals surface area contributed by atoms with Crippen LogP contribution in [0.3, 0.4) is 0 Å². The highest BCUT2D eigenvalue weighted by Crippen LogP contribution is 2.18. The van der Waals surface area contributed by atoms with Crippen LogP contribution in [0.15, 0.2) is 0 Å². The third-order valence-electron chi connectivity index (χ3n) is 2.70. The molecule has 15 heavy (non-hydrogen) atoms. The van der Waals surface area contributed by atoms with Crippen molar-refractivity contribution in [2.75, 3.05) is 19.7 Å². The molecule has 0 unspecified atom stereocenters.